The third-order valence-electron chi connectivity index (χ3n) is 4.15. The van der Waals surface area contributed by atoms with Crippen molar-refractivity contribution < 1.29 is 14.4 Å². The van der Waals surface area contributed by atoms with Crippen molar-refractivity contribution in [2.24, 2.45) is 11.8 Å². The number of nitrogens with one attached hydrogen (secondary N) is 1. The van der Waals surface area contributed by atoms with Gasteiger partial charge in [-0.25, -0.2) is 4.79 Å². The van der Waals surface area contributed by atoms with E-state index in [2.05, 4.69) is 12.2 Å². The summed E-state index contributed by atoms with van der Waals surface area (Å²) in [6.07, 6.45) is 1.01. The molecule has 1 N–H and O–H groups in total. The number of barbiturate groups is 1. The molecule has 3 atom stereocenters. The molecule has 0 spiro atoms. The molecule has 3 unspecified atom stereocenters. The minimum atomic E-state index is -0.978. The van der Waals surface area contributed by atoms with E-state index in [1.807, 2.05) is 0 Å². The number of rotatable bonds is 3. The van der Waals surface area contributed by atoms with E-state index in [9.17, 15) is 14.4 Å². The minimum Gasteiger partial charge on any atom is -0.277 e. The summed E-state index contributed by atoms with van der Waals surface area (Å²) in [5.74, 6) is -1.14. The van der Waals surface area contributed by atoms with Crippen LogP contribution in [-0.2, 0) is 9.59 Å². The molecule has 1 saturated heterocycles. The number of carbonyl (C=O) groups excluding carboxylic acids is 3. The quantitative estimate of drug-likeness (QED) is 0.870. The molecule has 6 heteroatoms. The Bertz CT molecular complexity index is 614. The Morgan fingerprint density at radius 2 is 1.86 bits per heavy atom. The molecule has 4 amide bonds. The molecule has 0 radical (unpaired) electrons. The zero-order valence-electron chi connectivity index (χ0n) is 11.5. The van der Waals surface area contributed by atoms with Crippen molar-refractivity contribution in [1.82, 2.24) is 10.2 Å². The van der Waals surface area contributed by atoms with E-state index >= 15 is 0 Å². The SMILES string of the molecule is CC1CC1CN1C(=O)NC(=O)C(c2ccc(Cl)cc2)C1=O. The van der Waals surface area contributed by atoms with Crippen LogP contribution in [0.3, 0.4) is 0 Å². The average molecular weight is 307 g/mol. The van der Waals surface area contributed by atoms with Crippen LogP contribution in [0.25, 0.3) is 0 Å². The standard InChI is InChI=1S/C15H15ClN2O3/c1-8-6-10(8)7-18-14(20)12(13(19)17-15(18)21)9-2-4-11(16)5-3-9/h2-5,8,10,12H,6-7H2,1H3,(H,17,19,21). The second kappa shape index (κ2) is 5.15. The molecule has 21 heavy (non-hydrogen) atoms. The Morgan fingerprint density at radius 1 is 1.24 bits per heavy atom. The molecule has 1 aliphatic heterocycles. The summed E-state index contributed by atoms with van der Waals surface area (Å²) in [4.78, 5) is 37.5. The van der Waals surface area contributed by atoms with Crippen LogP contribution in [0.4, 0.5) is 4.79 Å². The largest absolute Gasteiger partial charge is 0.330 e. The van der Waals surface area contributed by atoms with Gasteiger partial charge >= 0.3 is 6.03 Å². The molecule has 110 valence electrons. The van der Waals surface area contributed by atoms with Gasteiger partial charge in [0.25, 0.3) is 0 Å². The summed E-state index contributed by atoms with van der Waals surface area (Å²) in [5.41, 5.74) is 0.545. The number of imide groups is 2. The number of benzene rings is 1. The first-order valence-corrected chi connectivity index (χ1v) is 7.27. The molecule has 1 saturated carbocycles. The van der Waals surface area contributed by atoms with Crippen molar-refractivity contribution in [2.75, 3.05) is 6.54 Å². The van der Waals surface area contributed by atoms with Gasteiger partial charge in [-0.1, -0.05) is 30.7 Å². The molecule has 1 aliphatic carbocycles. The summed E-state index contributed by atoms with van der Waals surface area (Å²) < 4.78 is 0. The predicted molar refractivity (Wildman–Crippen MR) is 76.7 cm³/mol. The summed E-state index contributed by atoms with van der Waals surface area (Å²) in [7, 11) is 0. The molecule has 1 aromatic carbocycles. The van der Waals surface area contributed by atoms with Gasteiger partial charge in [0.1, 0.15) is 5.92 Å². The zero-order valence-corrected chi connectivity index (χ0v) is 12.3. The van der Waals surface area contributed by atoms with Gasteiger partial charge in [-0.3, -0.25) is 19.8 Å². The number of hydrogen-bond donors (Lipinski definition) is 1. The Hall–Kier alpha value is -1.88. The van der Waals surface area contributed by atoms with Gasteiger partial charge in [0.15, 0.2) is 0 Å². The topological polar surface area (TPSA) is 66.5 Å². The average Bonchev–Trinajstić information content (AvgIpc) is 3.12. The minimum absolute atomic E-state index is 0.346. The van der Waals surface area contributed by atoms with Crippen LogP contribution >= 0.6 is 11.6 Å². The van der Waals surface area contributed by atoms with Crippen LogP contribution in [0.5, 0.6) is 0 Å². The second-order valence-corrected chi connectivity index (χ2v) is 6.14. The van der Waals surface area contributed by atoms with Gasteiger partial charge < -0.3 is 0 Å². The van der Waals surface area contributed by atoms with Crippen molar-refractivity contribution in [2.45, 2.75) is 19.3 Å². The Morgan fingerprint density at radius 3 is 2.43 bits per heavy atom. The maximum absolute atomic E-state index is 12.5. The van der Waals surface area contributed by atoms with E-state index in [-0.39, 0.29) is 0 Å². The van der Waals surface area contributed by atoms with Gasteiger partial charge in [-0.2, -0.15) is 0 Å². The molecule has 2 aliphatic rings. The fourth-order valence-electron chi connectivity index (χ4n) is 2.62. The molecular formula is C15H15ClN2O3. The molecule has 5 nitrogen and oxygen atoms in total. The van der Waals surface area contributed by atoms with E-state index in [0.29, 0.717) is 29.0 Å². The van der Waals surface area contributed by atoms with E-state index < -0.39 is 23.8 Å². The summed E-state index contributed by atoms with van der Waals surface area (Å²) in [6, 6.07) is 5.91. The highest BCUT2D eigenvalue weighted by Gasteiger charge is 2.44. The normalized spacial score (nSPS) is 28.6. The summed E-state index contributed by atoms with van der Waals surface area (Å²) in [5, 5.41) is 2.79. The third kappa shape index (κ3) is 2.65. The lowest BCUT2D eigenvalue weighted by Crippen LogP contribution is -2.57. The zero-order chi connectivity index (χ0) is 15.1. The van der Waals surface area contributed by atoms with E-state index in [1.165, 1.54) is 0 Å². The highest BCUT2D eigenvalue weighted by molar-refractivity contribution is 6.30. The van der Waals surface area contributed by atoms with Crippen molar-refractivity contribution >= 4 is 29.4 Å². The number of amides is 4. The van der Waals surface area contributed by atoms with Crippen LogP contribution in [0, 0.1) is 11.8 Å². The first-order valence-electron chi connectivity index (χ1n) is 6.89. The van der Waals surface area contributed by atoms with Crippen molar-refractivity contribution in [3.63, 3.8) is 0 Å². The molecule has 2 fully saturated rings. The Balaban J connectivity index is 1.85. The smallest absolute Gasteiger partial charge is 0.277 e. The van der Waals surface area contributed by atoms with E-state index in [1.54, 1.807) is 24.3 Å². The third-order valence-corrected chi connectivity index (χ3v) is 4.40. The van der Waals surface area contributed by atoms with Gasteiger partial charge in [0, 0.05) is 11.6 Å². The second-order valence-electron chi connectivity index (χ2n) is 5.70. The van der Waals surface area contributed by atoms with Crippen molar-refractivity contribution in [3.8, 4) is 0 Å². The Kier molecular flexibility index (Phi) is 3.45. The van der Waals surface area contributed by atoms with Crippen LogP contribution in [0.1, 0.15) is 24.8 Å². The lowest BCUT2D eigenvalue weighted by atomic mass is 9.95. The molecular weight excluding hydrogens is 292 g/mol. The fraction of sp³-hybridized carbons (Fsp3) is 0.400. The van der Waals surface area contributed by atoms with Crippen molar-refractivity contribution in [3.05, 3.63) is 34.9 Å². The monoisotopic (exact) mass is 306 g/mol. The molecule has 1 aromatic rings. The summed E-state index contributed by atoms with van der Waals surface area (Å²) in [6.45, 7) is 2.46. The molecule has 1 heterocycles. The lowest BCUT2D eigenvalue weighted by Gasteiger charge is -2.30. The first-order chi connectivity index (χ1) is 9.97. The number of halogens is 1. The van der Waals surface area contributed by atoms with Gasteiger partial charge in [0.2, 0.25) is 11.8 Å². The van der Waals surface area contributed by atoms with Crippen LogP contribution in [-0.4, -0.2) is 29.3 Å². The van der Waals surface area contributed by atoms with Crippen molar-refractivity contribution in [1.29, 1.82) is 0 Å². The highest BCUT2D eigenvalue weighted by Crippen LogP contribution is 2.39. The van der Waals surface area contributed by atoms with E-state index in [4.69, 9.17) is 11.6 Å². The Labute approximate surface area is 127 Å². The number of carbonyl (C=O) groups is 3. The van der Waals surface area contributed by atoms with Crippen LogP contribution in [0.15, 0.2) is 24.3 Å². The van der Waals surface area contributed by atoms with Gasteiger partial charge in [0.05, 0.1) is 0 Å². The number of urea groups is 1. The highest BCUT2D eigenvalue weighted by atomic mass is 35.5. The predicted octanol–water partition coefficient (Wildman–Crippen LogP) is 2.16. The maximum Gasteiger partial charge on any atom is 0.330 e. The van der Waals surface area contributed by atoms with Gasteiger partial charge in [-0.15, -0.1) is 0 Å². The van der Waals surface area contributed by atoms with E-state index in [0.717, 1.165) is 11.3 Å². The maximum atomic E-state index is 12.5. The lowest BCUT2D eigenvalue weighted by molar-refractivity contribution is -0.138. The van der Waals surface area contributed by atoms with Crippen LogP contribution in [0.2, 0.25) is 5.02 Å². The fourth-order valence-corrected chi connectivity index (χ4v) is 2.75. The van der Waals surface area contributed by atoms with Crippen LogP contribution < -0.4 is 5.32 Å². The number of nitrogens with zero attached hydrogens (tertiary/aromatic N) is 1. The number of hydrogen-bond acceptors (Lipinski definition) is 3. The molecule has 0 aromatic heterocycles. The molecule has 3 rings (SSSR count). The first kappa shape index (κ1) is 14.1. The molecule has 0 bridgehead atoms. The summed E-state index contributed by atoms with van der Waals surface area (Å²) >= 11 is 5.82. The van der Waals surface area contributed by atoms with Gasteiger partial charge in [-0.05, 0) is 36.0 Å².